The number of anilines is 1. The van der Waals surface area contributed by atoms with Crippen LogP contribution in [-0.4, -0.2) is 26.6 Å². The van der Waals surface area contributed by atoms with Gasteiger partial charge in [0, 0.05) is 59.2 Å². The minimum Gasteiger partial charge on any atom is -0.496 e. The van der Waals surface area contributed by atoms with Crippen LogP contribution >= 0.6 is 0 Å². The second-order valence-electron chi connectivity index (χ2n) is 6.42. The van der Waals surface area contributed by atoms with Gasteiger partial charge in [-0.1, -0.05) is 18.2 Å². The van der Waals surface area contributed by atoms with E-state index in [0.29, 0.717) is 16.8 Å². The first-order valence-electron chi connectivity index (χ1n) is 8.60. The summed E-state index contributed by atoms with van der Waals surface area (Å²) >= 11 is 0. The zero-order valence-corrected chi connectivity index (χ0v) is 15.6. The van der Waals surface area contributed by atoms with E-state index in [9.17, 15) is 14.5 Å². The SMILES string of the molecule is COc1cc(F)c([N+](=O)[O-])cc1-c1cnc(N)nc1-c1cn(C)c2ccccc12. The lowest BCUT2D eigenvalue weighted by molar-refractivity contribution is -0.387. The van der Waals surface area contributed by atoms with E-state index in [1.165, 1.54) is 13.3 Å². The Morgan fingerprint density at radius 1 is 1.21 bits per heavy atom. The molecule has 0 spiro atoms. The number of para-hydroxylation sites is 1. The summed E-state index contributed by atoms with van der Waals surface area (Å²) in [6.07, 6.45) is 3.35. The molecule has 2 heterocycles. The molecule has 0 atom stereocenters. The van der Waals surface area contributed by atoms with Crippen molar-refractivity contribution in [1.82, 2.24) is 14.5 Å². The highest BCUT2D eigenvalue weighted by atomic mass is 19.1. The second-order valence-corrected chi connectivity index (χ2v) is 6.42. The summed E-state index contributed by atoms with van der Waals surface area (Å²) in [4.78, 5) is 18.9. The number of nitro groups is 1. The van der Waals surface area contributed by atoms with Gasteiger partial charge in [0.25, 0.3) is 0 Å². The molecule has 29 heavy (non-hydrogen) atoms. The van der Waals surface area contributed by atoms with Crippen LogP contribution in [0.4, 0.5) is 16.0 Å². The van der Waals surface area contributed by atoms with Crippen molar-refractivity contribution >= 4 is 22.5 Å². The van der Waals surface area contributed by atoms with Crippen molar-refractivity contribution < 1.29 is 14.1 Å². The van der Waals surface area contributed by atoms with Gasteiger partial charge >= 0.3 is 5.69 Å². The number of hydrogen-bond acceptors (Lipinski definition) is 6. The number of nitrogens with zero attached hydrogens (tertiary/aromatic N) is 4. The average Bonchev–Trinajstić information content (AvgIpc) is 3.04. The summed E-state index contributed by atoms with van der Waals surface area (Å²) in [5, 5.41) is 12.2. The number of benzene rings is 2. The number of nitrogen functional groups attached to an aromatic ring is 1. The highest BCUT2D eigenvalue weighted by molar-refractivity contribution is 5.99. The zero-order valence-electron chi connectivity index (χ0n) is 15.6. The van der Waals surface area contributed by atoms with Crippen molar-refractivity contribution in [2.75, 3.05) is 12.8 Å². The summed E-state index contributed by atoms with van der Waals surface area (Å²) in [6.45, 7) is 0. The maximum Gasteiger partial charge on any atom is 0.305 e. The van der Waals surface area contributed by atoms with Gasteiger partial charge in [-0.2, -0.15) is 4.39 Å². The zero-order chi connectivity index (χ0) is 20.7. The van der Waals surface area contributed by atoms with Crippen LogP contribution in [-0.2, 0) is 7.05 Å². The van der Waals surface area contributed by atoms with Crippen molar-refractivity contribution in [2.45, 2.75) is 0 Å². The molecule has 8 nitrogen and oxygen atoms in total. The summed E-state index contributed by atoms with van der Waals surface area (Å²) < 4.78 is 21.3. The third-order valence-electron chi connectivity index (χ3n) is 4.72. The van der Waals surface area contributed by atoms with E-state index in [0.717, 1.165) is 28.6 Å². The predicted octanol–water partition coefficient (Wildman–Crippen LogP) is 3.94. The fourth-order valence-electron chi connectivity index (χ4n) is 3.39. The fraction of sp³-hybridized carbons (Fsp3) is 0.100. The molecule has 0 amide bonds. The van der Waals surface area contributed by atoms with E-state index in [1.54, 1.807) is 0 Å². The van der Waals surface area contributed by atoms with Crippen LogP contribution in [0, 0.1) is 15.9 Å². The molecule has 4 rings (SSSR count). The number of halogens is 1. The third-order valence-corrected chi connectivity index (χ3v) is 4.72. The first-order valence-corrected chi connectivity index (χ1v) is 8.60. The van der Waals surface area contributed by atoms with Gasteiger partial charge < -0.3 is 15.0 Å². The molecule has 0 saturated carbocycles. The number of hydrogen-bond donors (Lipinski definition) is 1. The van der Waals surface area contributed by atoms with Gasteiger partial charge in [-0.25, -0.2) is 9.97 Å². The maximum atomic E-state index is 14.1. The quantitative estimate of drug-likeness (QED) is 0.415. The molecule has 0 fully saturated rings. The number of ether oxygens (including phenoxy) is 1. The molecule has 0 aliphatic heterocycles. The monoisotopic (exact) mass is 393 g/mol. The molecule has 2 aromatic carbocycles. The van der Waals surface area contributed by atoms with Gasteiger partial charge in [-0.3, -0.25) is 10.1 Å². The van der Waals surface area contributed by atoms with Gasteiger partial charge in [0.2, 0.25) is 11.8 Å². The van der Waals surface area contributed by atoms with E-state index in [-0.39, 0.29) is 11.7 Å². The van der Waals surface area contributed by atoms with E-state index in [2.05, 4.69) is 9.97 Å². The Bertz CT molecular complexity index is 1270. The lowest BCUT2D eigenvalue weighted by Crippen LogP contribution is -2.01. The Labute approximate surface area is 164 Å². The van der Waals surface area contributed by atoms with Crippen molar-refractivity contribution in [3.05, 3.63) is 64.7 Å². The third kappa shape index (κ3) is 3.02. The average molecular weight is 393 g/mol. The molecular formula is C20H16FN5O3. The first-order chi connectivity index (χ1) is 13.9. The lowest BCUT2D eigenvalue weighted by Gasteiger charge is -2.13. The molecule has 0 bridgehead atoms. The number of aromatic nitrogens is 3. The largest absolute Gasteiger partial charge is 0.496 e. The molecule has 9 heteroatoms. The second kappa shape index (κ2) is 6.86. The van der Waals surface area contributed by atoms with Crippen LogP contribution in [0.3, 0.4) is 0 Å². The van der Waals surface area contributed by atoms with Crippen LogP contribution in [0.15, 0.2) is 48.8 Å². The summed E-state index contributed by atoms with van der Waals surface area (Å²) in [5.41, 5.74) is 8.11. The Balaban J connectivity index is 2.05. The Hall–Kier alpha value is -4.01. The van der Waals surface area contributed by atoms with Gasteiger partial charge in [-0.05, 0) is 6.07 Å². The van der Waals surface area contributed by atoms with Crippen LogP contribution in [0.25, 0.3) is 33.3 Å². The highest BCUT2D eigenvalue weighted by Gasteiger charge is 2.24. The summed E-state index contributed by atoms with van der Waals surface area (Å²) in [5.74, 6) is -0.811. The smallest absolute Gasteiger partial charge is 0.305 e. The minimum absolute atomic E-state index is 0.0484. The van der Waals surface area contributed by atoms with E-state index in [4.69, 9.17) is 10.5 Å². The molecule has 2 N–H and O–H groups in total. The Morgan fingerprint density at radius 2 is 1.97 bits per heavy atom. The Morgan fingerprint density at radius 3 is 2.69 bits per heavy atom. The van der Waals surface area contributed by atoms with Gasteiger partial charge in [-0.15, -0.1) is 0 Å². The number of methoxy groups -OCH3 is 1. The number of nitro benzene ring substituents is 1. The normalized spacial score (nSPS) is 11.0. The molecular weight excluding hydrogens is 377 g/mol. The van der Waals surface area contributed by atoms with E-state index >= 15 is 0 Å². The van der Waals surface area contributed by atoms with Crippen LogP contribution < -0.4 is 10.5 Å². The van der Waals surface area contributed by atoms with Crippen LogP contribution in [0.5, 0.6) is 5.75 Å². The topological polar surface area (TPSA) is 109 Å². The van der Waals surface area contributed by atoms with Crippen molar-refractivity contribution in [3.63, 3.8) is 0 Å². The fourth-order valence-corrected chi connectivity index (χ4v) is 3.39. The van der Waals surface area contributed by atoms with E-state index in [1.807, 2.05) is 42.1 Å². The first kappa shape index (κ1) is 18.4. The molecule has 0 aliphatic rings. The van der Waals surface area contributed by atoms with E-state index < -0.39 is 16.4 Å². The van der Waals surface area contributed by atoms with Crippen molar-refractivity contribution in [3.8, 4) is 28.1 Å². The van der Waals surface area contributed by atoms with Gasteiger partial charge in [0.1, 0.15) is 5.75 Å². The minimum atomic E-state index is -0.987. The molecule has 4 aromatic rings. The van der Waals surface area contributed by atoms with Crippen molar-refractivity contribution in [2.24, 2.45) is 7.05 Å². The number of nitrogens with two attached hydrogens (primary N) is 1. The molecule has 0 radical (unpaired) electrons. The van der Waals surface area contributed by atoms with Gasteiger partial charge in [0.15, 0.2) is 0 Å². The molecule has 0 aliphatic carbocycles. The van der Waals surface area contributed by atoms with Crippen molar-refractivity contribution in [1.29, 1.82) is 0 Å². The summed E-state index contributed by atoms with van der Waals surface area (Å²) in [7, 11) is 3.26. The Kier molecular flexibility index (Phi) is 4.34. The number of fused-ring (bicyclic) bond motifs is 1. The predicted molar refractivity (Wildman–Crippen MR) is 107 cm³/mol. The highest BCUT2D eigenvalue weighted by Crippen LogP contribution is 2.41. The lowest BCUT2D eigenvalue weighted by atomic mass is 9.99. The standard InChI is InChI=1S/C20H16FN5O3/c1-25-10-14(11-5-3-4-6-16(11)25)19-13(9-23-20(22)24-19)12-7-17(26(27)28)15(21)8-18(12)29-2/h3-10H,1-2H3,(H2,22,23,24). The van der Waals surface area contributed by atoms with Crippen LogP contribution in [0.2, 0.25) is 0 Å². The number of rotatable bonds is 4. The summed E-state index contributed by atoms with van der Waals surface area (Å²) in [6, 6.07) is 9.84. The van der Waals surface area contributed by atoms with Gasteiger partial charge in [0.05, 0.1) is 17.7 Å². The molecule has 146 valence electrons. The number of aryl methyl sites for hydroxylation is 1. The molecule has 0 unspecified atom stereocenters. The van der Waals surface area contributed by atoms with Crippen LogP contribution in [0.1, 0.15) is 0 Å². The molecule has 2 aromatic heterocycles. The molecule has 0 saturated heterocycles. The maximum absolute atomic E-state index is 14.1.